The average Bonchev–Trinajstić information content (AvgIpc) is 2.44. The smallest absolute Gasteiger partial charge is 0.307 e. The first-order chi connectivity index (χ1) is 9.13. The van der Waals surface area contributed by atoms with E-state index in [-0.39, 0.29) is 5.97 Å². The normalized spacial score (nSPS) is 12.4. The van der Waals surface area contributed by atoms with Crippen LogP contribution in [0.2, 0.25) is 0 Å². The summed E-state index contributed by atoms with van der Waals surface area (Å²) in [5.41, 5.74) is 0.932. The lowest BCUT2D eigenvalue weighted by Crippen LogP contribution is -2.24. The van der Waals surface area contributed by atoms with Crippen LogP contribution in [0.15, 0.2) is 30.3 Å². The van der Waals surface area contributed by atoms with Gasteiger partial charge in [0, 0.05) is 13.1 Å². The van der Waals surface area contributed by atoms with Crippen LogP contribution in [0.25, 0.3) is 0 Å². The molecule has 106 valence electrons. The second-order valence-electron chi connectivity index (χ2n) is 4.57. The Morgan fingerprint density at radius 3 is 2.63 bits per heavy atom. The van der Waals surface area contributed by atoms with Crippen LogP contribution in [0, 0.1) is 0 Å². The third-order valence-corrected chi connectivity index (χ3v) is 2.97. The van der Waals surface area contributed by atoms with Crippen molar-refractivity contribution in [3.63, 3.8) is 0 Å². The Bertz CT molecular complexity index is 367. The summed E-state index contributed by atoms with van der Waals surface area (Å²) in [6.07, 6.45) is 0.598. The van der Waals surface area contributed by atoms with Gasteiger partial charge in [-0.15, -0.1) is 0 Å². The summed E-state index contributed by atoms with van der Waals surface area (Å²) < 4.78 is 4.87. The number of ether oxygens (including phenoxy) is 1. The minimum atomic E-state index is -0.453. The van der Waals surface area contributed by atoms with Gasteiger partial charge in [0.25, 0.3) is 0 Å². The van der Waals surface area contributed by atoms with E-state index in [4.69, 9.17) is 4.74 Å². The minimum Gasteiger partial charge on any atom is -0.466 e. The van der Waals surface area contributed by atoms with E-state index in [9.17, 15) is 9.90 Å². The molecule has 0 aliphatic heterocycles. The molecule has 0 aromatic heterocycles. The van der Waals surface area contributed by atoms with E-state index >= 15 is 0 Å². The Morgan fingerprint density at radius 1 is 1.32 bits per heavy atom. The van der Waals surface area contributed by atoms with Crippen LogP contribution < -0.4 is 0 Å². The first-order valence-corrected chi connectivity index (χ1v) is 6.70. The van der Waals surface area contributed by atoms with Gasteiger partial charge in [0.15, 0.2) is 0 Å². The largest absolute Gasteiger partial charge is 0.466 e. The van der Waals surface area contributed by atoms with E-state index in [1.165, 1.54) is 0 Å². The molecule has 4 heteroatoms. The number of esters is 1. The van der Waals surface area contributed by atoms with Crippen LogP contribution in [0.4, 0.5) is 0 Å². The summed E-state index contributed by atoms with van der Waals surface area (Å²) in [5.74, 6) is -0.169. The Morgan fingerprint density at radius 2 is 2.00 bits per heavy atom. The van der Waals surface area contributed by atoms with Gasteiger partial charge in [-0.2, -0.15) is 0 Å². The first kappa shape index (κ1) is 15.7. The number of nitrogens with zero attached hydrogens (tertiary/aromatic N) is 1. The van der Waals surface area contributed by atoms with Crippen molar-refractivity contribution in [2.24, 2.45) is 0 Å². The minimum absolute atomic E-state index is 0.169. The van der Waals surface area contributed by atoms with Crippen LogP contribution in [-0.4, -0.2) is 42.7 Å². The molecule has 0 heterocycles. The number of aliphatic hydroxyl groups excluding tert-OH is 1. The van der Waals surface area contributed by atoms with Gasteiger partial charge in [0.2, 0.25) is 0 Å². The number of carbonyl (C=O) groups is 1. The molecule has 0 amide bonds. The summed E-state index contributed by atoms with van der Waals surface area (Å²) >= 11 is 0. The van der Waals surface area contributed by atoms with Crippen LogP contribution in [0.3, 0.4) is 0 Å². The molecule has 0 aliphatic rings. The van der Waals surface area contributed by atoms with Crippen molar-refractivity contribution in [2.75, 3.05) is 26.7 Å². The average molecular weight is 265 g/mol. The van der Waals surface area contributed by atoms with Gasteiger partial charge in [-0.25, -0.2) is 0 Å². The fourth-order valence-corrected chi connectivity index (χ4v) is 1.81. The van der Waals surface area contributed by atoms with Crippen molar-refractivity contribution in [3.05, 3.63) is 35.9 Å². The molecule has 0 saturated heterocycles. The molecule has 1 aromatic rings. The summed E-state index contributed by atoms with van der Waals surface area (Å²) in [7, 11) is 1.94. The van der Waals surface area contributed by atoms with E-state index in [0.717, 1.165) is 12.1 Å². The lowest BCUT2D eigenvalue weighted by atomic mass is 10.1. The highest BCUT2D eigenvalue weighted by molar-refractivity contribution is 5.69. The Labute approximate surface area is 115 Å². The zero-order chi connectivity index (χ0) is 14.1. The fraction of sp³-hybridized carbons (Fsp3) is 0.533. The molecule has 19 heavy (non-hydrogen) atoms. The zero-order valence-corrected chi connectivity index (χ0v) is 11.7. The molecule has 4 nitrogen and oxygen atoms in total. The van der Waals surface area contributed by atoms with Gasteiger partial charge < -0.3 is 14.7 Å². The highest BCUT2D eigenvalue weighted by Crippen LogP contribution is 2.15. The van der Waals surface area contributed by atoms with E-state index in [1.54, 1.807) is 6.92 Å². The number of hydrogen-bond acceptors (Lipinski definition) is 4. The zero-order valence-electron chi connectivity index (χ0n) is 11.7. The maximum absolute atomic E-state index is 11.2. The van der Waals surface area contributed by atoms with Crippen molar-refractivity contribution in [2.45, 2.75) is 25.9 Å². The van der Waals surface area contributed by atoms with Gasteiger partial charge in [0.1, 0.15) is 0 Å². The third-order valence-electron chi connectivity index (χ3n) is 2.97. The predicted molar refractivity (Wildman–Crippen MR) is 74.8 cm³/mol. The molecule has 0 saturated carbocycles. The van der Waals surface area contributed by atoms with Crippen LogP contribution >= 0.6 is 0 Å². The number of carbonyl (C=O) groups excluding carboxylic acids is 1. The molecule has 0 spiro atoms. The molecule has 1 aromatic carbocycles. The lowest BCUT2D eigenvalue weighted by molar-refractivity contribution is -0.143. The number of hydrogen-bond donors (Lipinski definition) is 1. The van der Waals surface area contributed by atoms with Crippen LogP contribution in [0.1, 0.15) is 31.4 Å². The Hall–Kier alpha value is -1.39. The van der Waals surface area contributed by atoms with E-state index in [0.29, 0.717) is 26.0 Å². The fourth-order valence-electron chi connectivity index (χ4n) is 1.81. The van der Waals surface area contributed by atoms with Crippen LogP contribution in [-0.2, 0) is 9.53 Å². The second-order valence-corrected chi connectivity index (χ2v) is 4.57. The molecule has 0 aliphatic carbocycles. The second kappa shape index (κ2) is 8.67. The van der Waals surface area contributed by atoms with E-state index < -0.39 is 6.10 Å². The van der Waals surface area contributed by atoms with E-state index in [2.05, 4.69) is 0 Å². The third kappa shape index (κ3) is 6.36. The molecular weight excluding hydrogens is 242 g/mol. The highest BCUT2D eigenvalue weighted by Gasteiger charge is 2.09. The summed E-state index contributed by atoms with van der Waals surface area (Å²) in [4.78, 5) is 13.2. The van der Waals surface area contributed by atoms with Crippen molar-refractivity contribution >= 4 is 5.97 Å². The topological polar surface area (TPSA) is 49.8 Å². The van der Waals surface area contributed by atoms with Crippen molar-refractivity contribution < 1.29 is 14.6 Å². The Balaban J connectivity index is 2.23. The SMILES string of the molecule is CCOC(=O)CCN(C)CCC(O)c1ccccc1. The van der Waals surface area contributed by atoms with Gasteiger partial charge >= 0.3 is 5.97 Å². The molecule has 1 rings (SSSR count). The summed E-state index contributed by atoms with van der Waals surface area (Å²) in [5, 5.41) is 10.0. The van der Waals surface area contributed by atoms with Gasteiger partial charge in [0.05, 0.1) is 19.1 Å². The summed E-state index contributed by atoms with van der Waals surface area (Å²) in [6.45, 7) is 3.63. The first-order valence-electron chi connectivity index (χ1n) is 6.70. The molecule has 0 bridgehead atoms. The van der Waals surface area contributed by atoms with Crippen LogP contribution in [0.5, 0.6) is 0 Å². The van der Waals surface area contributed by atoms with Crippen molar-refractivity contribution in [1.29, 1.82) is 0 Å². The maximum Gasteiger partial charge on any atom is 0.307 e. The number of benzene rings is 1. The van der Waals surface area contributed by atoms with Crippen molar-refractivity contribution in [3.8, 4) is 0 Å². The Kier molecular flexibility index (Phi) is 7.15. The summed E-state index contributed by atoms with van der Waals surface area (Å²) in [6, 6.07) is 9.61. The van der Waals surface area contributed by atoms with Gasteiger partial charge in [-0.3, -0.25) is 4.79 Å². The highest BCUT2D eigenvalue weighted by atomic mass is 16.5. The molecule has 0 radical (unpaired) electrons. The number of aliphatic hydroxyl groups is 1. The molecular formula is C15H23NO3. The molecule has 1 N–H and O–H groups in total. The molecule has 0 fully saturated rings. The van der Waals surface area contributed by atoms with Gasteiger partial charge in [-0.1, -0.05) is 30.3 Å². The standard InChI is InChI=1S/C15H23NO3/c1-3-19-15(18)10-12-16(2)11-9-14(17)13-7-5-4-6-8-13/h4-8,14,17H,3,9-12H2,1-2H3. The van der Waals surface area contributed by atoms with E-state index in [1.807, 2.05) is 42.3 Å². The van der Waals surface area contributed by atoms with Gasteiger partial charge in [-0.05, 0) is 26.0 Å². The predicted octanol–water partition coefficient (Wildman–Crippen LogP) is 2.00. The lowest BCUT2D eigenvalue weighted by Gasteiger charge is -2.18. The van der Waals surface area contributed by atoms with Crippen molar-refractivity contribution in [1.82, 2.24) is 4.90 Å². The maximum atomic E-state index is 11.2. The number of rotatable bonds is 8. The monoisotopic (exact) mass is 265 g/mol. The molecule has 1 unspecified atom stereocenters. The quantitative estimate of drug-likeness (QED) is 0.730. The molecule has 1 atom stereocenters.